The van der Waals surface area contributed by atoms with E-state index in [1.807, 2.05) is 6.07 Å². The van der Waals surface area contributed by atoms with Gasteiger partial charge in [0.15, 0.2) is 0 Å². The normalized spacial score (nSPS) is 11.0. The van der Waals surface area contributed by atoms with Crippen molar-refractivity contribution in [3.05, 3.63) is 65.9 Å². The van der Waals surface area contributed by atoms with E-state index in [1.165, 1.54) is 0 Å². The lowest BCUT2D eigenvalue weighted by molar-refractivity contribution is -0.137. The molecule has 0 saturated carbocycles. The van der Waals surface area contributed by atoms with E-state index in [0.29, 0.717) is 29.3 Å². The lowest BCUT2D eigenvalue weighted by atomic mass is 10.2. The third kappa shape index (κ3) is 7.10. The SMILES string of the molecule is CCCCCCOc1cccc(Nc2nc(Nc3ccc(C#N)cc3)ncc2C(F)(F)F)c1. The zero-order valence-corrected chi connectivity index (χ0v) is 18.1. The molecule has 0 aliphatic heterocycles. The highest BCUT2D eigenvalue weighted by molar-refractivity contribution is 5.64. The second kappa shape index (κ2) is 11.2. The van der Waals surface area contributed by atoms with Crippen molar-refractivity contribution in [2.45, 2.75) is 38.8 Å². The predicted molar refractivity (Wildman–Crippen MR) is 121 cm³/mol. The number of aromatic nitrogens is 2. The highest BCUT2D eigenvalue weighted by Crippen LogP contribution is 2.35. The number of nitriles is 1. The molecule has 0 aliphatic rings. The monoisotopic (exact) mass is 455 g/mol. The van der Waals surface area contributed by atoms with E-state index >= 15 is 0 Å². The number of halogens is 3. The number of ether oxygens (including phenoxy) is 1. The largest absolute Gasteiger partial charge is 0.494 e. The van der Waals surface area contributed by atoms with E-state index in [0.717, 1.165) is 31.9 Å². The summed E-state index contributed by atoms with van der Waals surface area (Å²) in [5.41, 5.74) is 0.426. The van der Waals surface area contributed by atoms with Crippen molar-refractivity contribution in [2.24, 2.45) is 0 Å². The molecule has 0 aliphatic carbocycles. The highest BCUT2D eigenvalue weighted by Gasteiger charge is 2.35. The first-order chi connectivity index (χ1) is 15.9. The molecule has 0 spiro atoms. The third-order valence-corrected chi connectivity index (χ3v) is 4.73. The Balaban J connectivity index is 1.78. The van der Waals surface area contributed by atoms with Crippen LogP contribution in [0.25, 0.3) is 0 Å². The average Bonchev–Trinajstić information content (AvgIpc) is 2.79. The first-order valence-corrected chi connectivity index (χ1v) is 10.6. The minimum atomic E-state index is -4.64. The molecule has 3 aromatic rings. The van der Waals surface area contributed by atoms with Crippen LogP contribution in [-0.2, 0) is 6.18 Å². The van der Waals surface area contributed by atoms with Crippen LogP contribution >= 0.6 is 0 Å². The van der Waals surface area contributed by atoms with Gasteiger partial charge in [-0.1, -0.05) is 32.3 Å². The number of nitrogens with zero attached hydrogens (tertiary/aromatic N) is 3. The summed E-state index contributed by atoms with van der Waals surface area (Å²) in [6.45, 7) is 2.67. The van der Waals surface area contributed by atoms with Crippen LogP contribution < -0.4 is 15.4 Å². The topological polar surface area (TPSA) is 82.9 Å². The number of alkyl halides is 3. The summed E-state index contributed by atoms with van der Waals surface area (Å²) in [7, 11) is 0. The van der Waals surface area contributed by atoms with Gasteiger partial charge in [0.1, 0.15) is 17.1 Å². The quantitative estimate of drug-likeness (QED) is 0.327. The van der Waals surface area contributed by atoms with Gasteiger partial charge in [0.05, 0.1) is 18.2 Å². The lowest BCUT2D eigenvalue weighted by Crippen LogP contribution is -2.12. The maximum atomic E-state index is 13.5. The second-order valence-electron chi connectivity index (χ2n) is 7.33. The molecular weight excluding hydrogens is 431 g/mol. The van der Waals surface area contributed by atoms with E-state index < -0.39 is 11.7 Å². The highest BCUT2D eigenvalue weighted by atomic mass is 19.4. The molecule has 0 saturated heterocycles. The average molecular weight is 455 g/mol. The van der Waals surface area contributed by atoms with Gasteiger partial charge in [0, 0.05) is 23.6 Å². The molecule has 0 unspecified atom stereocenters. The van der Waals surface area contributed by atoms with Crippen LogP contribution in [0.3, 0.4) is 0 Å². The number of hydrogen-bond donors (Lipinski definition) is 2. The maximum absolute atomic E-state index is 13.5. The van der Waals surface area contributed by atoms with Gasteiger partial charge in [0.2, 0.25) is 5.95 Å². The molecule has 0 fully saturated rings. The van der Waals surface area contributed by atoms with Crippen LogP contribution in [0.2, 0.25) is 0 Å². The Bertz CT molecular complexity index is 1090. The van der Waals surface area contributed by atoms with E-state index in [9.17, 15) is 13.2 Å². The van der Waals surface area contributed by atoms with Gasteiger partial charge >= 0.3 is 6.18 Å². The number of benzene rings is 2. The fraction of sp³-hybridized carbons (Fsp3) is 0.292. The van der Waals surface area contributed by atoms with Crippen molar-refractivity contribution < 1.29 is 17.9 Å². The summed E-state index contributed by atoms with van der Waals surface area (Å²) < 4.78 is 46.4. The van der Waals surface area contributed by atoms with Gasteiger partial charge in [0.25, 0.3) is 0 Å². The van der Waals surface area contributed by atoms with Crippen LogP contribution in [0.15, 0.2) is 54.7 Å². The third-order valence-electron chi connectivity index (χ3n) is 4.73. The van der Waals surface area contributed by atoms with E-state index in [-0.39, 0.29) is 11.8 Å². The molecule has 9 heteroatoms. The number of hydrogen-bond acceptors (Lipinski definition) is 6. The van der Waals surface area contributed by atoms with E-state index in [4.69, 9.17) is 10.00 Å². The Kier molecular flexibility index (Phi) is 8.08. The zero-order chi connectivity index (χ0) is 23.7. The molecule has 0 bridgehead atoms. The van der Waals surface area contributed by atoms with Crippen LogP contribution in [0, 0.1) is 11.3 Å². The van der Waals surface area contributed by atoms with Gasteiger partial charge in [-0.15, -0.1) is 0 Å². The molecule has 2 aromatic carbocycles. The Morgan fingerprint density at radius 3 is 2.48 bits per heavy atom. The van der Waals surface area contributed by atoms with Gasteiger partial charge in [-0.2, -0.15) is 23.4 Å². The molecule has 33 heavy (non-hydrogen) atoms. The smallest absolute Gasteiger partial charge is 0.421 e. The fourth-order valence-electron chi connectivity index (χ4n) is 3.02. The molecule has 0 radical (unpaired) electrons. The Labute approximate surface area is 190 Å². The first-order valence-electron chi connectivity index (χ1n) is 10.6. The molecular formula is C24H24F3N5O. The van der Waals surface area contributed by atoms with Crippen molar-refractivity contribution in [3.8, 4) is 11.8 Å². The van der Waals surface area contributed by atoms with E-state index in [1.54, 1.807) is 48.5 Å². The van der Waals surface area contributed by atoms with Crippen molar-refractivity contribution in [3.63, 3.8) is 0 Å². The summed E-state index contributed by atoms with van der Waals surface area (Å²) in [6, 6.07) is 15.1. The van der Waals surface area contributed by atoms with Crippen molar-refractivity contribution in [1.82, 2.24) is 9.97 Å². The minimum Gasteiger partial charge on any atom is -0.494 e. The van der Waals surface area contributed by atoms with Crippen molar-refractivity contribution >= 4 is 23.1 Å². The molecule has 172 valence electrons. The molecule has 0 amide bonds. The van der Waals surface area contributed by atoms with Gasteiger partial charge in [-0.25, -0.2) is 4.98 Å². The van der Waals surface area contributed by atoms with Gasteiger partial charge in [-0.3, -0.25) is 0 Å². The number of unbranched alkanes of at least 4 members (excludes halogenated alkanes) is 3. The van der Waals surface area contributed by atoms with Crippen LogP contribution in [-0.4, -0.2) is 16.6 Å². The van der Waals surface area contributed by atoms with Crippen LogP contribution in [0.5, 0.6) is 5.75 Å². The van der Waals surface area contributed by atoms with Crippen molar-refractivity contribution in [1.29, 1.82) is 5.26 Å². The Hall–Kier alpha value is -3.80. The molecule has 0 atom stereocenters. The van der Waals surface area contributed by atoms with Crippen LogP contribution in [0.4, 0.5) is 36.3 Å². The Morgan fingerprint density at radius 2 is 1.79 bits per heavy atom. The molecule has 1 aromatic heterocycles. The number of rotatable bonds is 10. The fourth-order valence-corrected chi connectivity index (χ4v) is 3.02. The maximum Gasteiger partial charge on any atom is 0.421 e. The van der Waals surface area contributed by atoms with Gasteiger partial charge < -0.3 is 15.4 Å². The number of anilines is 4. The van der Waals surface area contributed by atoms with Gasteiger partial charge in [-0.05, 0) is 42.8 Å². The summed E-state index contributed by atoms with van der Waals surface area (Å²) in [6.07, 6.45) is 0.344. The van der Waals surface area contributed by atoms with E-state index in [2.05, 4.69) is 27.5 Å². The predicted octanol–water partition coefficient (Wildman–Crippen LogP) is 6.81. The second-order valence-corrected chi connectivity index (χ2v) is 7.33. The molecule has 2 N–H and O–H groups in total. The summed E-state index contributed by atoms with van der Waals surface area (Å²) in [5, 5.41) is 14.5. The standard InChI is InChI=1S/C24H24F3N5O/c1-2-3-4-5-13-33-20-8-6-7-19(14-20)30-22-21(24(25,26)27)16-29-23(32-22)31-18-11-9-17(15-28)10-12-18/h6-12,14,16H,2-5,13H2,1H3,(H2,29,30,31,32). The number of nitrogens with one attached hydrogen (secondary N) is 2. The van der Waals surface area contributed by atoms with Crippen LogP contribution in [0.1, 0.15) is 43.7 Å². The van der Waals surface area contributed by atoms with Crippen molar-refractivity contribution in [2.75, 3.05) is 17.2 Å². The Morgan fingerprint density at radius 1 is 1.00 bits per heavy atom. The lowest BCUT2D eigenvalue weighted by Gasteiger charge is -2.15. The summed E-state index contributed by atoms with van der Waals surface area (Å²) in [5.74, 6) is 0.169. The first kappa shape index (κ1) is 23.9. The molecule has 3 rings (SSSR count). The molecule has 6 nitrogen and oxygen atoms in total. The summed E-state index contributed by atoms with van der Waals surface area (Å²) >= 11 is 0. The zero-order valence-electron chi connectivity index (χ0n) is 18.1. The minimum absolute atomic E-state index is 0.0152. The molecule has 1 heterocycles. The summed E-state index contributed by atoms with van der Waals surface area (Å²) in [4.78, 5) is 7.83.